The van der Waals surface area contributed by atoms with Crippen LogP contribution < -0.4 is 15.4 Å². The predicted molar refractivity (Wildman–Crippen MR) is 104 cm³/mol. The molecule has 1 unspecified atom stereocenters. The van der Waals surface area contributed by atoms with Crippen LogP contribution in [-0.2, 0) is 17.8 Å². The summed E-state index contributed by atoms with van der Waals surface area (Å²) in [6, 6.07) is 4.14. The molecule has 1 aromatic heterocycles. The topological polar surface area (TPSA) is 81.1 Å². The van der Waals surface area contributed by atoms with E-state index in [1.165, 1.54) is 12.1 Å². The lowest BCUT2D eigenvalue weighted by Gasteiger charge is -2.26. The molecule has 2 aliphatic rings. The average Bonchev–Trinajstić information content (AvgIpc) is 3.09. The molecule has 2 aromatic rings. The molecule has 1 amide bonds. The highest BCUT2D eigenvalue weighted by atomic mass is 35.5. The molecular formula is C19H25ClFN5O2. The van der Waals surface area contributed by atoms with E-state index >= 15 is 0 Å². The molecular weight excluding hydrogens is 385 g/mol. The Labute approximate surface area is 169 Å². The van der Waals surface area contributed by atoms with Gasteiger partial charge in [-0.15, -0.1) is 17.5 Å². The molecule has 0 saturated carbocycles. The van der Waals surface area contributed by atoms with E-state index in [-0.39, 0.29) is 36.7 Å². The highest BCUT2D eigenvalue weighted by Crippen LogP contribution is 2.32. The van der Waals surface area contributed by atoms with E-state index in [1.807, 2.05) is 6.20 Å². The number of ether oxygens (including phenoxy) is 1. The van der Waals surface area contributed by atoms with Gasteiger partial charge in [0, 0.05) is 18.2 Å². The molecule has 0 radical (unpaired) electrons. The van der Waals surface area contributed by atoms with Crippen LogP contribution in [0.2, 0.25) is 0 Å². The summed E-state index contributed by atoms with van der Waals surface area (Å²) in [4.78, 5) is 12.4. The highest BCUT2D eigenvalue weighted by molar-refractivity contribution is 5.85. The number of hydrogen-bond acceptors (Lipinski definition) is 5. The van der Waals surface area contributed by atoms with Crippen molar-refractivity contribution >= 4 is 18.3 Å². The second-order valence-electron chi connectivity index (χ2n) is 7.24. The van der Waals surface area contributed by atoms with Crippen LogP contribution in [0, 0.1) is 11.7 Å². The van der Waals surface area contributed by atoms with Crippen molar-refractivity contribution in [2.75, 3.05) is 19.7 Å². The number of amides is 1. The van der Waals surface area contributed by atoms with Crippen molar-refractivity contribution in [1.29, 1.82) is 0 Å². The second kappa shape index (κ2) is 9.34. The third kappa shape index (κ3) is 4.99. The van der Waals surface area contributed by atoms with Gasteiger partial charge in [0.25, 0.3) is 0 Å². The lowest BCUT2D eigenvalue weighted by Crippen LogP contribution is -2.34. The summed E-state index contributed by atoms with van der Waals surface area (Å²) in [5.74, 6) is 0.740. The van der Waals surface area contributed by atoms with Gasteiger partial charge in [-0.2, -0.15) is 0 Å². The first-order chi connectivity index (χ1) is 13.2. The summed E-state index contributed by atoms with van der Waals surface area (Å²) in [7, 11) is 0. The van der Waals surface area contributed by atoms with Crippen LogP contribution >= 0.6 is 12.4 Å². The summed E-state index contributed by atoms with van der Waals surface area (Å²) < 4.78 is 20.7. The summed E-state index contributed by atoms with van der Waals surface area (Å²) in [5, 5.41) is 14.6. The van der Waals surface area contributed by atoms with Crippen molar-refractivity contribution < 1.29 is 13.9 Å². The first kappa shape index (κ1) is 20.5. The van der Waals surface area contributed by atoms with Crippen LogP contribution in [0.3, 0.4) is 0 Å². The fourth-order valence-electron chi connectivity index (χ4n) is 3.79. The van der Waals surface area contributed by atoms with Gasteiger partial charge in [0.1, 0.15) is 18.1 Å². The van der Waals surface area contributed by atoms with E-state index in [9.17, 15) is 9.18 Å². The summed E-state index contributed by atoms with van der Waals surface area (Å²) >= 11 is 0. The second-order valence-corrected chi connectivity index (χ2v) is 7.24. The standard InChI is InChI=1S/C19H24FN5O2.ClH/c20-14-1-2-18-16(10-14)17(5-8-27-18)22-19(26)12-25-11-15(23-24-25)9-13-3-6-21-7-4-13;/h1-2,10-11,13,17,21H,3-9,12H2,(H,22,26);1H. The maximum atomic E-state index is 13.6. The molecule has 2 aliphatic heterocycles. The number of hydrogen-bond donors (Lipinski definition) is 2. The van der Waals surface area contributed by atoms with Gasteiger partial charge < -0.3 is 15.4 Å². The van der Waals surface area contributed by atoms with Crippen LogP contribution in [0.15, 0.2) is 24.4 Å². The van der Waals surface area contributed by atoms with Crippen LogP contribution in [0.5, 0.6) is 5.75 Å². The molecule has 0 spiro atoms. The number of aromatic nitrogens is 3. The third-order valence-electron chi connectivity index (χ3n) is 5.19. The number of carbonyl (C=O) groups is 1. The Kier molecular flexibility index (Phi) is 6.85. The first-order valence-corrected chi connectivity index (χ1v) is 9.49. The molecule has 1 fully saturated rings. The summed E-state index contributed by atoms with van der Waals surface area (Å²) in [6.45, 7) is 2.69. The average molecular weight is 410 g/mol. The molecule has 1 saturated heterocycles. The van der Waals surface area contributed by atoms with Crippen molar-refractivity contribution in [1.82, 2.24) is 25.6 Å². The number of nitrogens with zero attached hydrogens (tertiary/aromatic N) is 3. The Morgan fingerprint density at radius 1 is 1.32 bits per heavy atom. The lowest BCUT2D eigenvalue weighted by atomic mass is 9.93. The van der Waals surface area contributed by atoms with Crippen LogP contribution in [0.25, 0.3) is 0 Å². The Morgan fingerprint density at radius 3 is 2.96 bits per heavy atom. The van der Waals surface area contributed by atoms with Gasteiger partial charge in [0.2, 0.25) is 5.91 Å². The first-order valence-electron chi connectivity index (χ1n) is 9.49. The van der Waals surface area contributed by atoms with Crippen molar-refractivity contribution in [3.63, 3.8) is 0 Å². The molecule has 1 aromatic carbocycles. The molecule has 0 bridgehead atoms. The van der Waals surface area contributed by atoms with Gasteiger partial charge in [0.15, 0.2) is 0 Å². The minimum Gasteiger partial charge on any atom is -0.493 e. The SMILES string of the molecule is Cl.O=C(Cn1cc(CC2CCNCC2)nn1)NC1CCOc2ccc(F)cc21. The molecule has 3 heterocycles. The van der Waals surface area contributed by atoms with Gasteiger partial charge >= 0.3 is 0 Å². The van der Waals surface area contributed by atoms with Crippen LogP contribution in [-0.4, -0.2) is 40.6 Å². The van der Waals surface area contributed by atoms with E-state index in [4.69, 9.17) is 4.74 Å². The molecule has 0 aliphatic carbocycles. The van der Waals surface area contributed by atoms with E-state index < -0.39 is 0 Å². The van der Waals surface area contributed by atoms with Gasteiger partial charge in [0.05, 0.1) is 18.3 Å². The number of rotatable bonds is 5. The smallest absolute Gasteiger partial charge is 0.242 e. The maximum absolute atomic E-state index is 13.6. The van der Waals surface area contributed by atoms with Crippen molar-refractivity contribution in [3.05, 3.63) is 41.5 Å². The minimum atomic E-state index is -0.336. The Bertz CT molecular complexity index is 809. The Morgan fingerprint density at radius 2 is 2.14 bits per heavy atom. The number of piperidine rings is 1. The number of fused-ring (bicyclic) bond motifs is 1. The van der Waals surface area contributed by atoms with Gasteiger partial charge in [-0.25, -0.2) is 9.07 Å². The van der Waals surface area contributed by atoms with E-state index in [0.29, 0.717) is 30.3 Å². The zero-order valence-electron chi connectivity index (χ0n) is 15.6. The maximum Gasteiger partial charge on any atom is 0.242 e. The van der Waals surface area contributed by atoms with E-state index in [1.54, 1.807) is 10.7 Å². The fraction of sp³-hybridized carbons (Fsp3) is 0.526. The minimum absolute atomic E-state index is 0. The third-order valence-corrected chi connectivity index (χ3v) is 5.19. The van der Waals surface area contributed by atoms with Gasteiger partial charge in [-0.05, 0) is 56.5 Å². The van der Waals surface area contributed by atoms with Gasteiger partial charge in [-0.3, -0.25) is 4.79 Å². The molecule has 2 N–H and O–H groups in total. The lowest BCUT2D eigenvalue weighted by molar-refractivity contribution is -0.122. The number of carbonyl (C=O) groups excluding carboxylic acids is 1. The van der Waals surface area contributed by atoms with Crippen molar-refractivity contribution in [2.24, 2.45) is 5.92 Å². The van der Waals surface area contributed by atoms with Crippen LogP contribution in [0.1, 0.15) is 36.6 Å². The van der Waals surface area contributed by atoms with Crippen molar-refractivity contribution in [3.8, 4) is 5.75 Å². The molecule has 152 valence electrons. The Hall–Kier alpha value is -2.19. The molecule has 28 heavy (non-hydrogen) atoms. The van der Waals surface area contributed by atoms with Crippen molar-refractivity contribution in [2.45, 2.75) is 38.3 Å². The zero-order chi connectivity index (χ0) is 18.6. The number of benzene rings is 1. The molecule has 9 heteroatoms. The number of nitrogens with one attached hydrogen (secondary N) is 2. The highest BCUT2D eigenvalue weighted by Gasteiger charge is 2.24. The largest absolute Gasteiger partial charge is 0.493 e. The van der Waals surface area contributed by atoms with Gasteiger partial charge in [-0.1, -0.05) is 5.21 Å². The fourth-order valence-corrected chi connectivity index (χ4v) is 3.79. The summed E-state index contributed by atoms with van der Waals surface area (Å²) in [6.07, 6.45) is 5.65. The Balaban J connectivity index is 0.00000225. The number of halogens is 2. The summed E-state index contributed by atoms with van der Waals surface area (Å²) in [5.41, 5.74) is 1.60. The molecule has 7 nitrogen and oxygen atoms in total. The normalized spacial score (nSPS) is 19.2. The quantitative estimate of drug-likeness (QED) is 0.789. The monoisotopic (exact) mass is 409 g/mol. The van der Waals surface area contributed by atoms with Crippen LogP contribution in [0.4, 0.5) is 4.39 Å². The molecule has 1 atom stereocenters. The zero-order valence-corrected chi connectivity index (χ0v) is 16.4. The van der Waals surface area contributed by atoms with E-state index in [0.717, 1.165) is 38.0 Å². The predicted octanol–water partition coefficient (Wildman–Crippen LogP) is 2.02. The van der Waals surface area contributed by atoms with E-state index in [2.05, 4.69) is 20.9 Å². The molecule has 4 rings (SSSR count).